The Kier molecular flexibility index (Phi) is 8.02. The third-order valence-electron chi connectivity index (χ3n) is 3.85. The molecule has 6 nitrogen and oxygen atoms in total. The summed E-state index contributed by atoms with van der Waals surface area (Å²) >= 11 is 0. The van der Waals surface area contributed by atoms with E-state index < -0.39 is 18.5 Å². The first-order chi connectivity index (χ1) is 13.5. The van der Waals surface area contributed by atoms with Gasteiger partial charge in [0.15, 0.2) is 18.1 Å². The van der Waals surface area contributed by atoms with Gasteiger partial charge in [0, 0.05) is 18.2 Å². The van der Waals surface area contributed by atoms with E-state index in [1.54, 1.807) is 36.4 Å². The highest BCUT2D eigenvalue weighted by Gasteiger charge is 2.09. The number of nitrogens with one attached hydrogen (secondary N) is 1. The number of esters is 1. The first-order valence-electron chi connectivity index (χ1n) is 8.61. The zero-order valence-electron chi connectivity index (χ0n) is 15.7. The minimum atomic E-state index is -0.672. The summed E-state index contributed by atoms with van der Waals surface area (Å²) in [6, 6.07) is 11.6. The van der Waals surface area contributed by atoms with E-state index in [4.69, 9.17) is 14.2 Å². The van der Waals surface area contributed by atoms with Crippen molar-refractivity contribution >= 4 is 18.0 Å². The minimum Gasteiger partial charge on any atom is -0.493 e. The van der Waals surface area contributed by atoms with E-state index in [2.05, 4.69) is 5.32 Å². The Morgan fingerprint density at radius 3 is 2.57 bits per heavy atom. The van der Waals surface area contributed by atoms with E-state index in [1.807, 2.05) is 0 Å². The molecule has 28 heavy (non-hydrogen) atoms. The highest BCUT2D eigenvalue weighted by Crippen LogP contribution is 2.31. The van der Waals surface area contributed by atoms with Crippen LogP contribution < -0.4 is 14.8 Å². The van der Waals surface area contributed by atoms with Crippen LogP contribution >= 0.6 is 0 Å². The van der Waals surface area contributed by atoms with Gasteiger partial charge in [-0.1, -0.05) is 30.3 Å². The second-order valence-corrected chi connectivity index (χ2v) is 5.72. The van der Waals surface area contributed by atoms with Crippen LogP contribution in [0, 0.1) is 5.82 Å². The molecule has 2 rings (SSSR count). The molecule has 0 unspecified atom stereocenters. The van der Waals surface area contributed by atoms with Crippen LogP contribution in [0.25, 0.3) is 6.08 Å². The van der Waals surface area contributed by atoms with E-state index in [9.17, 15) is 14.0 Å². The average molecular weight is 387 g/mol. The van der Waals surface area contributed by atoms with Crippen LogP contribution in [-0.2, 0) is 20.7 Å². The molecular formula is C21H22FNO5. The van der Waals surface area contributed by atoms with E-state index in [1.165, 1.54) is 32.4 Å². The normalized spacial score (nSPS) is 10.5. The molecule has 0 aromatic heterocycles. The summed E-state index contributed by atoms with van der Waals surface area (Å²) in [5.74, 6) is -0.431. The van der Waals surface area contributed by atoms with Gasteiger partial charge in [-0.15, -0.1) is 0 Å². The number of halogens is 1. The molecule has 0 aliphatic heterocycles. The first kappa shape index (κ1) is 21.0. The summed E-state index contributed by atoms with van der Waals surface area (Å²) in [4.78, 5) is 23.5. The highest BCUT2D eigenvalue weighted by molar-refractivity contribution is 5.89. The molecule has 0 saturated carbocycles. The zero-order chi connectivity index (χ0) is 20.4. The molecule has 2 aromatic carbocycles. The maximum absolute atomic E-state index is 13.5. The lowest BCUT2D eigenvalue weighted by Gasteiger charge is -2.09. The Labute approximate surface area is 162 Å². The molecule has 148 valence electrons. The quantitative estimate of drug-likeness (QED) is 0.529. The van der Waals surface area contributed by atoms with Crippen LogP contribution in [0.4, 0.5) is 4.39 Å². The van der Waals surface area contributed by atoms with Crippen molar-refractivity contribution in [3.63, 3.8) is 0 Å². The predicted molar refractivity (Wildman–Crippen MR) is 103 cm³/mol. The van der Waals surface area contributed by atoms with Crippen molar-refractivity contribution in [2.24, 2.45) is 0 Å². The summed E-state index contributed by atoms with van der Waals surface area (Å²) in [5, 5.41) is 2.58. The van der Waals surface area contributed by atoms with Crippen LogP contribution in [0.3, 0.4) is 0 Å². The number of para-hydroxylation sites is 1. The Balaban J connectivity index is 1.78. The largest absolute Gasteiger partial charge is 0.493 e. The topological polar surface area (TPSA) is 73.9 Å². The van der Waals surface area contributed by atoms with Gasteiger partial charge in [0.05, 0.1) is 14.2 Å². The SMILES string of the molecule is COc1cccc(/C=C/C(=O)OCC(=O)NCCc2ccccc2F)c1OC. The Morgan fingerprint density at radius 2 is 1.86 bits per heavy atom. The maximum atomic E-state index is 13.5. The summed E-state index contributed by atoms with van der Waals surface area (Å²) in [5.41, 5.74) is 1.14. The van der Waals surface area contributed by atoms with Crippen LogP contribution in [0.1, 0.15) is 11.1 Å². The summed E-state index contributed by atoms with van der Waals surface area (Å²) in [6.45, 7) is -0.177. The number of hydrogen-bond acceptors (Lipinski definition) is 5. The van der Waals surface area contributed by atoms with Crippen molar-refractivity contribution in [3.8, 4) is 11.5 Å². The van der Waals surface area contributed by atoms with Crippen molar-refractivity contribution in [3.05, 3.63) is 65.5 Å². The molecule has 0 bridgehead atoms. The van der Waals surface area contributed by atoms with Gasteiger partial charge in [-0.3, -0.25) is 4.79 Å². The Bertz CT molecular complexity index is 850. The first-order valence-corrected chi connectivity index (χ1v) is 8.61. The fourth-order valence-electron chi connectivity index (χ4n) is 2.47. The van der Waals surface area contributed by atoms with Gasteiger partial charge in [0.1, 0.15) is 5.82 Å². The third-order valence-corrected chi connectivity index (χ3v) is 3.85. The van der Waals surface area contributed by atoms with Gasteiger partial charge in [-0.25, -0.2) is 9.18 Å². The van der Waals surface area contributed by atoms with Gasteiger partial charge in [-0.2, -0.15) is 0 Å². The van der Waals surface area contributed by atoms with Crippen molar-refractivity contribution < 1.29 is 28.2 Å². The van der Waals surface area contributed by atoms with Crippen molar-refractivity contribution in [2.45, 2.75) is 6.42 Å². The molecule has 0 spiro atoms. The lowest BCUT2D eigenvalue weighted by atomic mass is 10.1. The third kappa shape index (κ3) is 6.12. The molecule has 7 heteroatoms. The Hall–Kier alpha value is -3.35. The number of carbonyl (C=O) groups is 2. The number of carbonyl (C=O) groups excluding carboxylic acids is 2. The monoisotopic (exact) mass is 387 g/mol. The molecule has 0 fully saturated rings. The van der Waals surface area contributed by atoms with Crippen molar-refractivity contribution in [2.75, 3.05) is 27.4 Å². The molecule has 0 saturated heterocycles. The molecule has 2 aromatic rings. The lowest BCUT2D eigenvalue weighted by molar-refractivity contribution is -0.143. The molecule has 0 radical (unpaired) electrons. The van der Waals surface area contributed by atoms with E-state index in [-0.39, 0.29) is 12.4 Å². The van der Waals surface area contributed by atoms with Crippen LogP contribution in [0.2, 0.25) is 0 Å². The number of rotatable bonds is 9. The van der Waals surface area contributed by atoms with Crippen molar-refractivity contribution in [1.82, 2.24) is 5.32 Å². The van der Waals surface area contributed by atoms with Gasteiger partial charge in [-0.05, 0) is 30.2 Å². The van der Waals surface area contributed by atoms with Gasteiger partial charge in [0.2, 0.25) is 0 Å². The fourth-order valence-corrected chi connectivity index (χ4v) is 2.47. The van der Waals surface area contributed by atoms with E-state index in [0.29, 0.717) is 29.0 Å². The average Bonchev–Trinajstić information content (AvgIpc) is 2.71. The standard InChI is InChI=1S/C21H22FNO5/c1-26-18-9-5-7-16(21(18)27-2)10-11-20(25)28-14-19(24)23-13-12-15-6-3-4-8-17(15)22/h3-11H,12-14H2,1-2H3,(H,23,24)/b11-10+. The molecule has 1 amide bonds. The molecule has 0 aliphatic rings. The summed E-state index contributed by atoms with van der Waals surface area (Å²) in [6.07, 6.45) is 3.06. The molecule has 0 heterocycles. The van der Waals surface area contributed by atoms with Crippen molar-refractivity contribution in [1.29, 1.82) is 0 Å². The van der Waals surface area contributed by atoms with Gasteiger partial charge < -0.3 is 19.5 Å². The van der Waals surface area contributed by atoms with E-state index in [0.717, 1.165) is 0 Å². The maximum Gasteiger partial charge on any atom is 0.331 e. The number of hydrogen-bond donors (Lipinski definition) is 1. The number of benzene rings is 2. The highest BCUT2D eigenvalue weighted by atomic mass is 19.1. The second kappa shape index (κ2) is 10.7. The molecule has 1 N–H and O–H groups in total. The summed E-state index contributed by atoms with van der Waals surface area (Å²) < 4.78 is 28.8. The predicted octanol–water partition coefficient (Wildman–Crippen LogP) is 2.76. The number of amides is 1. The van der Waals surface area contributed by atoms with Gasteiger partial charge >= 0.3 is 5.97 Å². The van der Waals surface area contributed by atoms with Crippen LogP contribution in [0.5, 0.6) is 11.5 Å². The molecule has 0 aliphatic carbocycles. The zero-order valence-corrected chi connectivity index (χ0v) is 15.7. The van der Waals surface area contributed by atoms with E-state index >= 15 is 0 Å². The van der Waals surface area contributed by atoms with Crippen LogP contribution in [-0.4, -0.2) is 39.2 Å². The molecular weight excluding hydrogens is 365 g/mol. The lowest BCUT2D eigenvalue weighted by Crippen LogP contribution is -2.30. The number of methoxy groups -OCH3 is 2. The molecule has 0 atom stereocenters. The second-order valence-electron chi connectivity index (χ2n) is 5.72. The number of ether oxygens (including phenoxy) is 3. The van der Waals surface area contributed by atoms with Gasteiger partial charge in [0.25, 0.3) is 5.91 Å². The van der Waals surface area contributed by atoms with Crippen LogP contribution in [0.15, 0.2) is 48.5 Å². The smallest absolute Gasteiger partial charge is 0.331 e. The summed E-state index contributed by atoms with van der Waals surface area (Å²) in [7, 11) is 3.02. The fraction of sp³-hybridized carbons (Fsp3) is 0.238. The Morgan fingerprint density at radius 1 is 1.07 bits per heavy atom. The minimum absolute atomic E-state index is 0.244.